The van der Waals surface area contributed by atoms with Gasteiger partial charge < -0.3 is 14.7 Å². The Morgan fingerprint density at radius 2 is 1.74 bits per heavy atom. The molecular formula is C23H19ClN2O4S. The van der Waals surface area contributed by atoms with Crippen LogP contribution in [0.1, 0.15) is 27.8 Å². The molecule has 8 heteroatoms. The van der Waals surface area contributed by atoms with E-state index in [1.54, 1.807) is 6.20 Å². The van der Waals surface area contributed by atoms with Crippen LogP contribution in [0.15, 0.2) is 54.7 Å². The highest BCUT2D eigenvalue weighted by Gasteiger charge is 2.42. The molecule has 1 aromatic heterocycles. The summed E-state index contributed by atoms with van der Waals surface area (Å²) < 4.78 is 6.06. The zero-order valence-electron chi connectivity index (χ0n) is 16.4. The van der Waals surface area contributed by atoms with Crippen LogP contribution in [0.2, 0.25) is 4.47 Å². The van der Waals surface area contributed by atoms with Gasteiger partial charge in [0.25, 0.3) is 0 Å². The van der Waals surface area contributed by atoms with Crippen molar-refractivity contribution in [1.29, 1.82) is 0 Å². The van der Waals surface area contributed by atoms with Gasteiger partial charge in [0.05, 0.1) is 5.92 Å². The van der Waals surface area contributed by atoms with Crippen LogP contribution in [-0.4, -0.2) is 46.7 Å². The molecule has 1 N–H and O–H groups in total. The van der Waals surface area contributed by atoms with Gasteiger partial charge in [-0.05, 0) is 22.3 Å². The van der Waals surface area contributed by atoms with E-state index in [1.807, 2.05) is 24.3 Å². The summed E-state index contributed by atoms with van der Waals surface area (Å²) in [6.07, 6.45) is 1.10. The number of carbonyl (C=O) groups is 2. The van der Waals surface area contributed by atoms with Crippen LogP contribution in [0.25, 0.3) is 11.1 Å². The Balaban J connectivity index is 1.32. The second kappa shape index (κ2) is 7.98. The van der Waals surface area contributed by atoms with Crippen LogP contribution in [0, 0.1) is 5.92 Å². The zero-order chi connectivity index (χ0) is 21.5. The first-order valence-electron chi connectivity index (χ1n) is 9.97. The quantitative estimate of drug-likeness (QED) is 0.609. The third kappa shape index (κ3) is 3.58. The van der Waals surface area contributed by atoms with Gasteiger partial charge in [-0.25, -0.2) is 9.78 Å². The lowest BCUT2D eigenvalue weighted by Crippen LogP contribution is -2.31. The molecule has 0 bridgehead atoms. The number of likely N-dealkylation sites (tertiary alicyclic amines) is 1. The van der Waals surface area contributed by atoms with Gasteiger partial charge >= 0.3 is 12.1 Å². The Morgan fingerprint density at radius 1 is 1.10 bits per heavy atom. The number of carboxylic acid groups (broad SMARTS) is 1. The molecule has 1 fully saturated rings. The minimum Gasteiger partial charge on any atom is -0.481 e. The minimum absolute atomic E-state index is 0.0367. The molecule has 2 aliphatic rings. The molecule has 6 nitrogen and oxygen atoms in total. The summed E-state index contributed by atoms with van der Waals surface area (Å²) in [5.41, 5.74) is 4.60. The third-order valence-electron chi connectivity index (χ3n) is 6.09. The Kier molecular flexibility index (Phi) is 5.16. The first-order valence-corrected chi connectivity index (χ1v) is 11.2. The summed E-state index contributed by atoms with van der Waals surface area (Å²) in [5, 5.41) is 9.64. The lowest BCUT2D eigenvalue weighted by molar-refractivity contribution is -0.141. The average Bonchev–Trinajstić information content (AvgIpc) is 3.47. The zero-order valence-corrected chi connectivity index (χ0v) is 18.0. The molecule has 1 amide bonds. The van der Waals surface area contributed by atoms with Crippen molar-refractivity contribution in [2.45, 2.75) is 11.8 Å². The number of aliphatic carboxylic acids is 1. The number of amides is 1. The maximum absolute atomic E-state index is 12.8. The lowest BCUT2D eigenvalue weighted by atomic mass is 9.95. The number of rotatable bonds is 4. The highest BCUT2D eigenvalue weighted by atomic mass is 35.5. The predicted molar refractivity (Wildman–Crippen MR) is 118 cm³/mol. The summed E-state index contributed by atoms with van der Waals surface area (Å²) >= 11 is 7.18. The van der Waals surface area contributed by atoms with E-state index in [0.717, 1.165) is 27.1 Å². The normalized spacial score (nSPS) is 19.8. The SMILES string of the molecule is O=C(O)C1CN(C(=O)OCC2c3ccccc3-c3ccccc32)CC1c1cnc(Cl)s1. The Labute approximate surface area is 188 Å². The molecule has 3 aromatic rings. The van der Waals surface area contributed by atoms with Crippen LogP contribution in [0.5, 0.6) is 0 Å². The molecule has 1 aliphatic heterocycles. The Bertz CT molecular complexity index is 1120. The number of hydrogen-bond donors (Lipinski definition) is 1. The van der Waals surface area contributed by atoms with Crippen LogP contribution >= 0.6 is 22.9 Å². The van der Waals surface area contributed by atoms with Crippen molar-refractivity contribution in [2.24, 2.45) is 5.92 Å². The maximum Gasteiger partial charge on any atom is 0.409 e. The topological polar surface area (TPSA) is 79.7 Å². The second-order valence-corrected chi connectivity index (χ2v) is 9.42. The number of aromatic nitrogens is 1. The molecule has 158 valence electrons. The fraction of sp³-hybridized carbons (Fsp3) is 0.261. The van der Waals surface area contributed by atoms with Crippen LogP contribution in [-0.2, 0) is 9.53 Å². The smallest absolute Gasteiger partial charge is 0.409 e. The van der Waals surface area contributed by atoms with Crippen molar-refractivity contribution in [3.05, 3.63) is 75.2 Å². The number of fused-ring (bicyclic) bond motifs is 3. The molecule has 2 aromatic carbocycles. The standard InChI is InChI=1S/C23H19ClN2O4S/c24-22-25-9-20(31-22)17-10-26(11-18(17)21(27)28)23(29)30-12-19-15-7-3-1-5-13(15)14-6-2-4-8-16(14)19/h1-9,17-19H,10-12H2,(H,27,28). The van der Waals surface area contributed by atoms with Crippen molar-refractivity contribution in [2.75, 3.05) is 19.7 Å². The number of thiazole rings is 1. The molecule has 2 heterocycles. The summed E-state index contributed by atoms with van der Waals surface area (Å²) in [4.78, 5) is 30.9. The van der Waals surface area contributed by atoms with Crippen molar-refractivity contribution in [1.82, 2.24) is 9.88 Å². The van der Waals surface area contributed by atoms with Crippen molar-refractivity contribution in [3.8, 4) is 11.1 Å². The summed E-state index contributed by atoms with van der Waals surface area (Å²) in [7, 11) is 0. The van der Waals surface area contributed by atoms with Gasteiger partial charge in [-0.15, -0.1) is 11.3 Å². The monoisotopic (exact) mass is 454 g/mol. The molecule has 0 saturated carbocycles. The van der Waals surface area contributed by atoms with Gasteiger partial charge in [0, 0.05) is 36.0 Å². The fourth-order valence-electron chi connectivity index (χ4n) is 4.61. The summed E-state index contributed by atoms with van der Waals surface area (Å²) in [6.45, 7) is 0.580. The minimum atomic E-state index is -0.941. The van der Waals surface area contributed by atoms with Crippen LogP contribution in [0.4, 0.5) is 4.79 Å². The number of halogens is 1. The highest BCUT2D eigenvalue weighted by Crippen LogP contribution is 2.44. The van der Waals surface area contributed by atoms with E-state index < -0.39 is 18.0 Å². The van der Waals surface area contributed by atoms with Gasteiger partial charge in [-0.3, -0.25) is 4.79 Å². The summed E-state index contributed by atoms with van der Waals surface area (Å²) in [5.74, 6) is -2.03. The Morgan fingerprint density at radius 3 is 2.32 bits per heavy atom. The van der Waals surface area contributed by atoms with Crippen LogP contribution in [0.3, 0.4) is 0 Å². The molecule has 0 radical (unpaired) electrons. The van der Waals surface area contributed by atoms with Gasteiger partial charge in [0.15, 0.2) is 4.47 Å². The van der Waals surface area contributed by atoms with E-state index in [-0.39, 0.29) is 31.5 Å². The lowest BCUT2D eigenvalue weighted by Gasteiger charge is -2.19. The summed E-state index contributed by atoms with van der Waals surface area (Å²) in [6, 6.07) is 16.3. The molecule has 1 aliphatic carbocycles. The van der Waals surface area contributed by atoms with E-state index in [1.165, 1.54) is 16.2 Å². The predicted octanol–water partition coefficient (Wildman–Crippen LogP) is 4.85. The van der Waals surface area contributed by atoms with E-state index in [2.05, 4.69) is 29.2 Å². The number of ether oxygens (including phenoxy) is 1. The van der Waals surface area contributed by atoms with E-state index >= 15 is 0 Å². The molecule has 2 atom stereocenters. The van der Waals surface area contributed by atoms with Gasteiger partial charge in [0.2, 0.25) is 0 Å². The van der Waals surface area contributed by atoms with Gasteiger partial charge in [0.1, 0.15) is 6.61 Å². The molecule has 1 saturated heterocycles. The number of benzene rings is 2. The van der Waals surface area contributed by atoms with Crippen LogP contribution < -0.4 is 0 Å². The fourth-order valence-corrected chi connectivity index (χ4v) is 5.72. The molecule has 2 unspecified atom stereocenters. The first kappa shape index (κ1) is 20.0. The van der Waals surface area contributed by atoms with E-state index in [0.29, 0.717) is 4.47 Å². The number of hydrogen-bond acceptors (Lipinski definition) is 5. The van der Waals surface area contributed by atoms with Crippen molar-refractivity contribution in [3.63, 3.8) is 0 Å². The van der Waals surface area contributed by atoms with E-state index in [4.69, 9.17) is 16.3 Å². The molecule has 0 spiro atoms. The highest BCUT2D eigenvalue weighted by molar-refractivity contribution is 7.15. The van der Waals surface area contributed by atoms with Gasteiger partial charge in [-0.2, -0.15) is 0 Å². The second-order valence-electron chi connectivity index (χ2n) is 7.78. The molecule has 5 rings (SSSR count). The number of carboxylic acids is 1. The Hall–Kier alpha value is -2.90. The third-order valence-corrected chi connectivity index (χ3v) is 7.34. The molecular weight excluding hydrogens is 436 g/mol. The maximum atomic E-state index is 12.8. The largest absolute Gasteiger partial charge is 0.481 e. The first-order chi connectivity index (χ1) is 15.0. The van der Waals surface area contributed by atoms with Gasteiger partial charge in [-0.1, -0.05) is 60.1 Å². The number of nitrogens with zero attached hydrogens (tertiary/aromatic N) is 2. The van der Waals surface area contributed by atoms with Crippen molar-refractivity contribution < 1.29 is 19.4 Å². The van der Waals surface area contributed by atoms with E-state index in [9.17, 15) is 14.7 Å². The number of carbonyl (C=O) groups excluding carboxylic acids is 1. The van der Waals surface area contributed by atoms with Crippen molar-refractivity contribution >= 4 is 35.0 Å². The average molecular weight is 455 g/mol. The molecule has 31 heavy (non-hydrogen) atoms.